The predicted octanol–water partition coefficient (Wildman–Crippen LogP) is -0.347. The number of fused-ring (bicyclic) bond motifs is 2. The Bertz CT molecular complexity index is 1960. The average molecular weight is 776 g/mol. The minimum atomic E-state index is -5.19. The molecule has 18 nitrogen and oxygen atoms in total. The van der Waals surface area contributed by atoms with Gasteiger partial charge in [-0.15, -0.1) is 23.1 Å². The number of nitrogens with zero attached hydrogens (tertiary/aromatic N) is 6. The molecule has 274 valence electrons. The van der Waals surface area contributed by atoms with Gasteiger partial charge in [0.15, 0.2) is 10.8 Å². The fourth-order valence-electron chi connectivity index (χ4n) is 4.32. The van der Waals surface area contributed by atoms with Crippen LogP contribution < -0.4 is 26.0 Å². The molecule has 0 aromatic carbocycles. The Labute approximate surface area is 297 Å². The van der Waals surface area contributed by atoms with E-state index in [4.69, 9.17) is 20.5 Å². The number of nitrogen functional groups attached to an aromatic ring is 1. The molecule has 2 unspecified atom stereocenters. The van der Waals surface area contributed by atoms with Gasteiger partial charge in [-0.05, 0) is 19.4 Å². The van der Waals surface area contributed by atoms with Crippen LogP contribution in [0.3, 0.4) is 0 Å². The molecule has 0 saturated carbocycles. The van der Waals surface area contributed by atoms with E-state index in [9.17, 15) is 42.6 Å². The van der Waals surface area contributed by atoms with E-state index in [0.29, 0.717) is 22.3 Å². The van der Waals surface area contributed by atoms with E-state index in [1.54, 1.807) is 7.05 Å². The van der Waals surface area contributed by atoms with E-state index in [1.165, 1.54) is 47.7 Å². The minimum absolute atomic E-state index is 0.0258. The number of amides is 2. The molecule has 0 radical (unpaired) electrons. The SMILES string of the molecule is CNc1cc2n(cc[n+]2C)c(SCC2=C(C(=O)O)N3C(=O)C(NC(=O)/C(=N\OC(C)(C)C(=O)O)c4csc(N)n4)C3SC2)n1.O=C([O-])C(F)(F)F. The lowest BCUT2D eigenvalue weighted by Gasteiger charge is -2.49. The number of alkyl halides is 3. The van der Waals surface area contributed by atoms with E-state index >= 15 is 0 Å². The second-order valence-electron chi connectivity index (χ2n) is 10.9. The van der Waals surface area contributed by atoms with E-state index in [-0.39, 0.29) is 28.0 Å². The molecule has 24 heteroatoms. The van der Waals surface area contributed by atoms with Crippen molar-refractivity contribution in [2.45, 2.75) is 42.2 Å². The normalized spacial score (nSPS) is 17.6. The smallest absolute Gasteiger partial charge is 0.430 e. The first-order valence-corrected chi connectivity index (χ1v) is 17.1. The molecule has 1 fully saturated rings. The zero-order valence-corrected chi connectivity index (χ0v) is 29.2. The monoisotopic (exact) mass is 775 g/mol. The Morgan fingerprint density at radius 2 is 1.92 bits per heavy atom. The number of aliphatic carboxylic acids is 3. The number of carbonyl (C=O) groups excluding carboxylic acids is 3. The highest BCUT2D eigenvalue weighted by Gasteiger charge is 2.54. The molecule has 3 aromatic heterocycles. The van der Waals surface area contributed by atoms with Crippen LogP contribution in [0.15, 0.2) is 45.4 Å². The number of β-lactam (4-membered cyclic amide) rings is 1. The molecule has 51 heavy (non-hydrogen) atoms. The second-order valence-corrected chi connectivity index (χ2v) is 13.9. The number of aromatic nitrogens is 4. The molecule has 5 rings (SSSR count). The van der Waals surface area contributed by atoms with Crippen LogP contribution in [0.4, 0.5) is 24.1 Å². The number of hydrogen-bond acceptors (Lipinski definition) is 15. The van der Waals surface area contributed by atoms with Crippen LogP contribution in [-0.4, -0.2) is 107 Å². The predicted molar refractivity (Wildman–Crippen MR) is 173 cm³/mol. The summed E-state index contributed by atoms with van der Waals surface area (Å²) in [6.07, 6.45) is -1.45. The number of halogens is 3. The Hall–Kier alpha value is -5.10. The summed E-state index contributed by atoms with van der Waals surface area (Å²) in [7, 11) is 3.66. The van der Waals surface area contributed by atoms with E-state index in [0.717, 1.165) is 17.0 Å². The second kappa shape index (κ2) is 15.0. The number of anilines is 2. The highest BCUT2D eigenvalue weighted by Crippen LogP contribution is 2.41. The summed E-state index contributed by atoms with van der Waals surface area (Å²) in [4.78, 5) is 74.1. The van der Waals surface area contributed by atoms with Crippen molar-refractivity contribution < 1.29 is 61.9 Å². The van der Waals surface area contributed by atoms with E-state index < -0.39 is 52.9 Å². The summed E-state index contributed by atoms with van der Waals surface area (Å²) in [5, 5.41) is 39.1. The van der Waals surface area contributed by atoms with Crippen LogP contribution in [0, 0.1) is 0 Å². The fraction of sp³-hybridized carbons (Fsp3) is 0.370. The van der Waals surface area contributed by atoms with Gasteiger partial charge in [0.25, 0.3) is 22.6 Å². The molecule has 3 aromatic rings. The third-order valence-electron chi connectivity index (χ3n) is 6.99. The van der Waals surface area contributed by atoms with Gasteiger partial charge in [0, 0.05) is 23.9 Å². The fourth-order valence-corrected chi connectivity index (χ4v) is 7.34. The van der Waals surface area contributed by atoms with Gasteiger partial charge in [-0.3, -0.25) is 14.5 Å². The van der Waals surface area contributed by atoms with Gasteiger partial charge in [0.1, 0.15) is 47.0 Å². The molecule has 2 aliphatic heterocycles. The highest BCUT2D eigenvalue weighted by atomic mass is 32.2. The number of carbonyl (C=O) groups is 5. The standard InChI is InChI=1S/C25H27N9O7S3.C2HF3O2/c1-25(2,22(39)40)41-31-15(12-10-43-23(26)28-12)18(35)30-16-19(36)34-17(21(37)38)11(8-42-20(16)34)9-44-24-29-13(27-3)7-14-32(4)5-6-33(14)24;3-2(4,5)1(6)7/h5-7,10,16,20H,8-9H2,1-4H3,(H5,26,28,30,35,37,38,39,40);(H,6,7)/b31-15-;. The molecule has 6 N–H and O–H groups in total. The van der Waals surface area contributed by atoms with Crippen molar-refractivity contribution in [2.75, 3.05) is 29.6 Å². The molecule has 5 heterocycles. The number of thioether (sulfide) groups is 2. The van der Waals surface area contributed by atoms with Gasteiger partial charge in [0.2, 0.25) is 5.60 Å². The van der Waals surface area contributed by atoms with Crippen LogP contribution in [0.1, 0.15) is 19.5 Å². The lowest BCUT2D eigenvalue weighted by molar-refractivity contribution is -0.644. The third kappa shape index (κ3) is 8.45. The molecule has 2 atom stereocenters. The number of carboxylic acids is 3. The zero-order chi connectivity index (χ0) is 38.0. The molecule has 2 amide bonds. The van der Waals surface area contributed by atoms with Crippen molar-refractivity contribution >= 4 is 86.9 Å². The van der Waals surface area contributed by atoms with Crippen LogP contribution in [0.5, 0.6) is 0 Å². The molecular weight excluding hydrogens is 748 g/mol. The van der Waals surface area contributed by atoms with Gasteiger partial charge in [-0.25, -0.2) is 19.1 Å². The molecule has 1 saturated heterocycles. The Morgan fingerprint density at radius 1 is 1.25 bits per heavy atom. The quantitative estimate of drug-likeness (QED) is 0.0417. The van der Waals surface area contributed by atoms with E-state index in [2.05, 4.69) is 25.8 Å². The van der Waals surface area contributed by atoms with Gasteiger partial charge >= 0.3 is 18.1 Å². The topological polar surface area (TPSA) is 258 Å². The Kier molecular flexibility index (Phi) is 11.4. The first kappa shape index (κ1) is 38.7. The summed E-state index contributed by atoms with van der Waals surface area (Å²) in [6.45, 7) is 2.50. The summed E-state index contributed by atoms with van der Waals surface area (Å²) in [6, 6.07) is 0.817. The number of aryl methyl sites for hydroxylation is 1. The molecule has 0 aliphatic carbocycles. The molecular formula is C27H28F3N9O9S3. The van der Waals surface area contributed by atoms with Crippen LogP contribution in [0.2, 0.25) is 0 Å². The number of hydrogen-bond donors (Lipinski definition) is 5. The van der Waals surface area contributed by atoms with Crippen molar-refractivity contribution in [1.82, 2.24) is 24.6 Å². The lowest BCUT2D eigenvalue weighted by Crippen LogP contribution is -2.71. The molecule has 2 aliphatic rings. The number of imidazole rings is 1. The molecule has 0 spiro atoms. The Morgan fingerprint density at radius 3 is 2.47 bits per heavy atom. The van der Waals surface area contributed by atoms with Crippen LogP contribution >= 0.6 is 34.9 Å². The summed E-state index contributed by atoms with van der Waals surface area (Å²) < 4.78 is 35.4. The maximum Gasteiger partial charge on any atom is 0.430 e. The number of thiazole rings is 1. The first-order valence-electron chi connectivity index (χ1n) is 14.1. The number of nitrogens with one attached hydrogen (secondary N) is 2. The first-order chi connectivity index (χ1) is 23.8. The number of carboxylic acid groups (broad SMARTS) is 3. The van der Waals surface area contributed by atoms with Crippen molar-refractivity contribution in [1.29, 1.82) is 0 Å². The molecule has 0 bridgehead atoms. The maximum absolute atomic E-state index is 13.3. The van der Waals surface area contributed by atoms with Gasteiger partial charge in [-0.2, -0.15) is 22.6 Å². The number of oxime groups is 1. The Balaban J connectivity index is 0.000000755. The maximum atomic E-state index is 13.3. The van der Waals surface area contributed by atoms with Crippen LogP contribution in [-0.2, 0) is 35.9 Å². The minimum Gasteiger partial charge on any atom is -0.542 e. The van der Waals surface area contributed by atoms with Crippen molar-refractivity contribution in [3.05, 3.63) is 40.8 Å². The summed E-state index contributed by atoms with van der Waals surface area (Å²) >= 11 is 3.68. The average Bonchev–Trinajstić information content (AvgIpc) is 3.66. The third-order valence-corrected chi connectivity index (χ3v) is 10.0. The van der Waals surface area contributed by atoms with Gasteiger partial charge in [-0.1, -0.05) is 16.9 Å². The lowest BCUT2D eigenvalue weighted by atomic mass is 10.0. The van der Waals surface area contributed by atoms with Gasteiger partial charge < -0.3 is 41.3 Å². The zero-order valence-electron chi connectivity index (χ0n) is 26.7. The van der Waals surface area contributed by atoms with Crippen molar-refractivity contribution in [3.8, 4) is 0 Å². The largest absolute Gasteiger partial charge is 0.542 e. The summed E-state index contributed by atoms with van der Waals surface area (Å²) in [5.41, 5.74) is 4.87. The highest BCUT2D eigenvalue weighted by molar-refractivity contribution is 8.01. The summed E-state index contributed by atoms with van der Waals surface area (Å²) in [5.74, 6) is -5.86. The van der Waals surface area contributed by atoms with Crippen molar-refractivity contribution in [2.24, 2.45) is 12.2 Å². The van der Waals surface area contributed by atoms with Crippen molar-refractivity contribution in [3.63, 3.8) is 0 Å². The van der Waals surface area contributed by atoms with E-state index in [1.807, 2.05) is 34.5 Å². The number of nitrogens with two attached hydrogens (primary N) is 1. The number of rotatable bonds is 11. The van der Waals surface area contributed by atoms with Gasteiger partial charge in [0.05, 0.1) is 13.1 Å². The van der Waals surface area contributed by atoms with Crippen LogP contribution in [0.25, 0.3) is 5.65 Å².